The zero-order chi connectivity index (χ0) is 14.7. The van der Waals surface area contributed by atoms with Gasteiger partial charge in [0.15, 0.2) is 5.82 Å². The number of hydrogen-bond donors (Lipinski definition) is 1. The molecule has 20 heavy (non-hydrogen) atoms. The van der Waals surface area contributed by atoms with E-state index in [0.717, 1.165) is 6.39 Å². The van der Waals surface area contributed by atoms with Gasteiger partial charge in [0, 0.05) is 17.7 Å². The second kappa shape index (κ2) is 5.47. The highest BCUT2D eigenvalue weighted by molar-refractivity contribution is 5.95. The Hall–Kier alpha value is -2.77. The number of aromatic nitrogens is 2. The lowest BCUT2D eigenvalue weighted by molar-refractivity contribution is -0.384. The number of hydrogen-bond acceptors (Lipinski definition) is 6. The van der Waals surface area contributed by atoms with Crippen LogP contribution in [-0.4, -0.2) is 21.0 Å². The van der Waals surface area contributed by atoms with Crippen molar-refractivity contribution in [3.8, 4) is 0 Å². The summed E-state index contributed by atoms with van der Waals surface area (Å²) in [5, 5.41) is 17.0. The molecule has 8 nitrogen and oxygen atoms in total. The van der Waals surface area contributed by atoms with Crippen LogP contribution in [0, 0.1) is 17.0 Å². The number of benzene rings is 1. The van der Waals surface area contributed by atoms with Crippen LogP contribution in [0.4, 0.5) is 5.69 Å². The Labute approximate surface area is 113 Å². The molecule has 0 unspecified atom stereocenters. The predicted octanol–water partition coefficient (Wildman–Crippen LogP) is 1.78. The third kappa shape index (κ3) is 2.97. The quantitative estimate of drug-likeness (QED) is 0.673. The van der Waals surface area contributed by atoms with Crippen LogP contribution < -0.4 is 5.32 Å². The molecule has 0 aliphatic rings. The van der Waals surface area contributed by atoms with Crippen molar-refractivity contribution in [3.63, 3.8) is 0 Å². The molecule has 8 heteroatoms. The fourth-order valence-electron chi connectivity index (χ4n) is 1.71. The van der Waals surface area contributed by atoms with Crippen LogP contribution in [0.1, 0.15) is 34.7 Å². The third-order valence-corrected chi connectivity index (χ3v) is 2.65. The number of carbonyl (C=O) groups excluding carboxylic acids is 1. The molecule has 0 fully saturated rings. The number of nitro benzene ring substituents is 1. The summed E-state index contributed by atoms with van der Waals surface area (Å²) in [6.45, 7) is 3.37. The van der Waals surface area contributed by atoms with Gasteiger partial charge in [-0.2, -0.15) is 4.98 Å². The number of aryl methyl sites for hydroxylation is 1. The standard InChI is InChI=1S/C12H12N4O4/c1-7-3-9(5-10(4-7)16(18)19)12(17)14-8(2)11-13-6-20-15-11/h3-6,8H,1-2H3,(H,14,17)/t8-/m0/s1. The Balaban J connectivity index is 2.19. The van der Waals surface area contributed by atoms with Crippen molar-refractivity contribution in [2.24, 2.45) is 0 Å². The normalized spacial score (nSPS) is 11.9. The van der Waals surface area contributed by atoms with Gasteiger partial charge in [-0.1, -0.05) is 5.16 Å². The maximum atomic E-state index is 12.1. The second-order valence-electron chi connectivity index (χ2n) is 4.30. The summed E-state index contributed by atoms with van der Waals surface area (Å²) in [5.74, 6) is -0.102. The van der Waals surface area contributed by atoms with Crippen molar-refractivity contribution in [2.45, 2.75) is 19.9 Å². The average Bonchev–Trinajstić information content (AvgIpc) is 2.91. The van der Waals surface area contributed by atoms with Gasteiger partial charge < -0.3 is 9.84 Å². The first kappa shape index (κ1) is 13.7. The van der Waals surface area contributed by atoms with Crippen LogP contribution in [0.2, 0.25) is 0 Å². The zero-order valence-electron chi connectivity index (χ0n) is 10.9. The minimum Gasteiger partial charge on any atom is -0.343 e. The first-order valence-electron chi connectivity index (χ1n) is 5.80. The molecule has 1 aromatic heterocycles. The molecule has 1 amide bonds. The molecule has 2 rings (SSSR count). The van der Waals surface area contributed by atoms with Crippen molar-refractivity contribution >= 4 is 11.6 Å². The molecule has 1 aromatic carbocycles. The van der Waals surface area contributed by atoms with E-state index in [9.17, 15) is 14.9 Å². The Morgan fingerprint density at radius 3 is 2.80 bits per heavy atom. The zero-order valence-corrected chi connectivity index (χ0v) is 10.9. The summed E-state index contributed by atoms with van der Waals surface area (Å²) in [5.41, 5.74) is 0.728. The van der Waals surface area contributed by atoms with E-state index in [1.165, 1.54) is 12.1 Å². The first-order valence-corrected chi connectivity index (χ1v) is 5.80. The molecule has 0 spiro atoms. The molecule has 0 radical (unpaired) electrons. The van der Waals surface area contributed by atoms with E-state index in [1.54, 1.807) is 19.9 Å². The van der Waals surface area contributed by atoms with Crippen molar-refractivity contribution in [3.05, 3.63) is 51.7 Å². The molecule has 1 N–H and O–H groups in total. The first-order chi connectivity index (χ1) is 9.47. The summed E-state index contributed by atoms with van der Waals surface area (Å²) in [7, 11) is 0. The van der Waals surface area contributed by atoms with Crippen LogP contribution in [0.5, 0.6) is 0 Å². The highest BCUT2D eigenvalue weighted by Gasteiger charge is 2.17. The van der Waals surface area contributed by atoms with Gasteiger partial charge >= 0.3 is 0 Å². The second-order valence-corrected chi connectivity index (χ2v) is 4.30. The number of amides is 1. The molecule has 0 saturated carbocycles. The summed E-state index contributed by atoms with van der Waals surface area (Å²) < 4.78 is 4.59. The number of rotatable bonds is 4. The van der Waals surface area contributed by atoms with Gasteiger partial charge in [0.05, 0.1) is 11.0 Å². The van der Waals surface area contributed by atoms with E-state index in [-0.39, 0.29) is 11.3 Å². The lowest BCUT2D eigenvalue weighted by atomic mass is 10.1. The predicted molar refractivity (Wildman–Crippen MR) is 68.0 cm³/mol. The molecule has 0 aliphatic heterocycles. The lowest BCUT2D eigenvalue weighted by Gasteiger charge is -2.10. The molecule has 0 aliphatic carbocycles. The van der Waals surface area contributed by atoms with Crippen molar-refractivity contribution < 1.29 is 14.2 Å². The topological polar surface area (TPSA) is 111 Å². The van der Waals surface area contributed by atoms with Gasteiger partial charge in [-0.25, -0.2) is 0 Å². The highest BCUT2D eigenvalue weighted by atomic mass is 16.6. The maximum Gasteiger partial charge on any atom is 0.270 e. The summed E-state index contributed by atoms with van der Waals surface area (Å²) in [6.07, 6.45) is 1.16. The van der Waals surface area contributed by atoms with Crippen LogP contribution in [0.15, 0.2) is 29.1 Å². The molecule has 2 aromatic rings. The van der Waals surface area contributed by atoms with Crippen molar-refractivity contribution in [1.82, 2.24) is 15.5 Å². The lowest BCUT2D eigenvalue weighted by Crippen LogP contribution is -2.27. The van der Waals surface area contributed by atoms with Gasteiger partial charge in [0.25, 0.3) is 11.6 Å². The summed E-state index contributed by atoms with van der Waals surface area (Å²) in [4.78, 5) is 26.1. The van der Waals surface area contributed by atoms with Gasteiger partial charge in [-0.3, -0.25) is 14.9 Å². The fourth-order valence-corrected chi connectivity index (χ4v) is 1.71. The number of carbonyl (C=O) groups is 1. The van der Waals surface area contributed by atoms with Gasteiger partial charge in [-0.15, -0.1) is 0 Å². The molecule has 0 saturated heterocycles. The number of nitrogens with one attached hydrogen (secondary N) is 1. The number of non-ortho nitro benzene ring substituents is 1. The average molecular weight is 276 g/mol. The fraction of sp³-hybridized carbons (Fsp3) is 0.250. The Bertz CT molecular complexity index is 639. The van der Waals surface area contributed by atoms with E-state index < -0.39 is 16.9 Å². The molecular formula is C12H12N4O4. The SMILES string of the molecule is Cc1cc(C(=O)N[C@@H](C)c2ncon2)cc([N+](=O)[O-])c1. The minimum atomic E-state index is -0.535. The van der Waals surface area contributed by atoms with Crippen LogP contribution in [0.3, 0.4) is 0 Å². The van der Waals surface area contributed by atoms with E-state index in [4.69, 9.17) is 0 Å². The third-order valence-electron chi connectivity index (χ3n) is 2.65. The monoisotopic (exact) mass is 276 g/mol. The number of nitro groups is 1. The molecule has 0 bridgehead atoms. The highest BCUT2D eigenvalue weighted by Crippen LogP contribution is 2.17. The van der Waals surface area contributed by atoms with Gasteiger partial charge in [-0.05, 0) is 25.5 Å². The van der Waals surface area contributed by atoms with Crippen molar-refractivity contribution in [1.29, 1.82) is 0 Å². The van der Waals surface area contributed by atoms with Crippen molar-refractivity contribution in [2.75, 3.05) is 0 Å². The largest absolute Gasteiger partial charge is 0.343 e. The van der Waals surface area contributed by atoms with Crippen LogP contribution in [0.25, 0.3) is 0 Å². The smallest absolute Gasteiger partial charge is 0.270 e. The summed E-state index contributed by atoms with van der Waals surface area (Å²) >= 11 is 0. The molecule has 1 heterocycles. The summed E-state index contributed by atoms with van der Waals surface area (Å²) in [6, 6.07) is 3.75. The van der Waals surface area contributed by atoms with E-state index in [2.05, 4.69) is 20.0 Å². The Morgan fingerprint density at radius 1 is 1.45 bits per heavy atom. The van der Waals surface area contributed by atoms with Gasteiger partial charge in [0.2, 0.25) is 6.39 Å². The van der Waals surface area contributed by atoms with Crippen LogP contribution >= 0.6 is 0 Å². The Kier molecular flexibility index (Phi) is 3.74. The minimum absolute atomic E-state index is 0.123. The van der Waals surface area contributed by atoms with E-state index >= 15 is 0 Å². The molecular weight excluding hydrogens is 264 g/mol. The van der Waals surface area contributed by atoms with Crippen LogP contribution in [-0.2, 0) is 0 Å². The number of nitrogens with zero attached hydrogens (tertiary/aromatic N) is 3. The van der Waals surface area contributed by atoms with E-state index in [0.29, 0.717) is 11.4 Å². The van der Waals surface area contributed by atoms with Gasteiger partial charge in [0.1, 0.15) is 0 Å². The van der Waals surface area contributed by atoms with E-state index in [1.807, 2.05) is 0 Å². The molecule has 104 valence electrons. The Morgan fingerprint density at radius 2 is 2.20 bits per heavy atom. The maximum absolute atomic E-state index is 12.1. The molecule has 1 atom stereocenters.